The zero-order valence-corrected chi connectivity index (χ0v) is 13.7. The van der Waals surface area contributed by atoms with Crippen LogP contribution in [0.25, 0.3) is 0 Å². The van der Waals surface area contributed by atoms with Gasteiger partial charge in [-0.05, 0) is 36.3 Å². The van der Waals surface area contributed by atoms with Crippen molar-refractivity contribution in [2.24, 2.45) is 0 Å². The molecule has 0 bridgehead atoms. The average Bonchev–Trinajstić information content (AvgIpc) is 2.40. The van der Waals surface area contributed by atoms with Crippen molar-refractivity contribution in [3.63, 3.8) is 0 Å². The number of thioether (sulfide) groups is 1. The lowest BCUT2D eigenvalue weighted by Crippen LogP contribution is -2.12. The Balaban J connectivity index is 2.23. The van der Waals surface area contributed by atoms with Crippen LogP contribution in [0.3, 0.4) is 0 Å². The third-order valence-electron chi connectivity index (χ3n) is 3.01. The average molecular weight is 303 g/mol. The highest BCUT2D eigenvalue weighted by atomic mass is 32.2. The summed E-state index contributed by atoms with van der Waals surface area (Å²) >= 11 is 1.77. The molecular weight excluding hydrogens is 282 g/mol. The van der Waals surface area contributed by atoms with E-state index in [9.17, 15) is 4.79 Å². The Kier molecular flexibility index (Phi) is 5.07. The van der Waals surface area contributed by atoms with Gasteiger partial charge in [0.25, 0.3) is 5.56 Å². The van der Waals surface area contributed by atoms with Gasteiger partial charge in [0.2, 0.25) is 5.95 Å². The zero-order chi connectivity index (χ0) is 15.4. The Morgan fingerprint density at radius 3 is 2.76 bits per heavy atom. The molecule has 0 aliphatic rings. The molecule has 2 aromatic rings. The maximum atomic E-state index is 11.8. The van der Waals surface area contributed by atoms with E-state index in [1.165, 1.54) is 0 Å². The normalized spacial score (nSPS) is 10.9. The number of aryl methyl sites for hydroxylation is 2. The largest absolute Gasteiger partial charge is 0.325 e. The van der Waals surface area contributed by atoms with Crippen molar-refractivity contribution in [2.45, 2.75) is 38.7 Å². The molecule has 1 heterocycles. The number of anilines is 2. The van der Waals surface area contributed by atoms with E-state index in [1.807, 2.05) is 26.0 Å². The third-order valence-corrected chi connectivity index (χ3v) is 4.13. The first-order chi connectivity index (χ1) is 9.94. The fourth-order valence-electron chi connectivity index (χ4n) is 1.89. The quantitative estimate of drug-likeness (QED) is 0.882. The summed E-state index contributed by atoms with van der Waals surface area (Å²) in [5, 5.41) is 3.72. The van der Waals surface area contributed by atoms with E-state index >= 15 is 0 Å². The number of nitrogens with one attached hydrogen (secondary N) is 2. The fraction of sp³-hybridized carbons (Fsp3) is 0.375. The van der Waals surface area contributed by atoms with Crippen molar-refractivity contribution in [1.29, 1.82) is 0 Å². The SMILES string of the molecule is Cc1ccc(C)c(Nc2nc(CSC(C)C)cc(=O)[nH]2)c1. The number of H-pyrrole nitrogens is 1. The minimum Gasteiger partial charge on any atom is -0.325 e. The molecule has 2 rings (SSSR count). The number of hydrogen-bond acceptors (Lipinski definition) is 4. The van der Waals surface area contributed by atoms with Gasteiger partial charge in [-0.15, -0.1) is 0 Å². The summed E-state index contributed by atoms with van der Waals surface area (Å²) in [7, 11) is 0. The first-order valence-electron chi connectivity index (χ1n) is 7.00. The first kappa shape index (κ1) is 15.6. The van der Waals surface area contributed by atoms with E-state index in [4.69, 9.17) is 0 Å². The summed E-state index contributed by atoms with van der Waals surface area (Å²) in [5.74, 6) is 1.24. The monoisotopic (exact) mass is 303 g/mol. The number of benzene rings is 1. The van der Waals surface area contributed by atoms with Gasteiger partial charge >= 0.3 is 0 Å². The Bertz CT molecular complexity index is 679. The van der Waals surface area contributed by atoms with Crippen LogP contribution < -0.4 is 10.9 Å². The van der Waals surface area contributed by atoms with Gasteiger partial charge in [-0.3, -0.25) is 9.78 Å². The molecule has 1 aromatic heterocycles. The second-order valence-electron chi connectivity index (χ2n) is 5.39. The molecule has 21 heavy (non-hydrogen) atoms. The van der Waals surface area contributed by atoms with E-state index in [1.54, 1.807) is 17.8 Å². The van der Waals surface area contributed by atoms with E-state index in [-0.39, 0.29) is 5.56 Å². The van der Waals surface area contributed by atoms with Crippen LogP contribution >= 0.6 is 11.8 Å². The molecule has 2 N–H and O–H groups in total. The van der Waals surface area contributed by atoms with Crippen LogP contribution in [0, 0.1) is 13.8 Å². The Morgan fingerprint density at radius 2 is 2.05 bits per heavy atom. The summed E-state index contributed by atoms with van der Waals surface area (Å²) in [6.07, 6.45) is 0. The molecule has 0 saturated heterocycles. The van der Waals surface area contributed by atoms with Gasteiger partial charge in [-0.25, -0.2) is 4.98 Å². The molecule has 112 valence electrons. The molecule has 4 nitrogen and oxygen atoms in total. The standard InChI is InChI=1S/C16H21N3OS/c1-10(2)21-9-13-8-15(20)19-16(17-13)18-14-7-11(3)5-6-12(14)4/h5-8,10H,9H2,1-4H3,(H2,17,18,19,20). The molecule has 0 fully saturated rings. The van der Waals surface area contributed by atoms with Gasteiger partial charge in [0, 0.05) is 17.5 Å². The van der Waals surface area contributed by atoms with E-state index < -0.39 is 0 Å². The van der Waals surface area contributed by atoms with Crippen molar-refractivity contribution >= 4 is 23.4 Å². The molecule has 0 atom stereocenters. The van der Waals surface area contributed by atoms with E-state index in [0.29, 0.717) is 11.2 Å². The molecule has 1 aromatic carbocycles. The minimum absolute atomic E-state index is 0.128. The topological polar surface area (TPSA) is 57.8 Å². The zero-order valence-electron chi connectivity index (χ0n) is 12.9. The van der Waals surface area contributed by atoms with Crippen LogP contribution in [0.2, 0.25) is 0 Å². The highest BCUT2D eigenvalue weighted by molar-refractivity contribution is 7.99. The van der Waals surface area contributed by atoms with Gasteiger partial charge in [-0.1, -0.05) is 26.0 Å². The molecular formula is C16H21N3OS. The van der Waals surface area contributed by atoms with Crippen LogP contribution in [-0.4, -0.2) is 15.2 Å². The number of aromatic amines is 1. The molecule has 5 heteroatoms. The van der Waals surface area contributed by atoms with Crippen LogP contribution in [-0.2, 0) is 5.75 Å². The lowest BCUT2D eigenvalue weighted by atomic mass is 10.1. The Morgan fingerprint density at radius 1 is 1.29 bits per heavy atom. The van der Waals surface area contributed by atoms with Gasteiger partial charge in [0.05, 0.1) is 5.69 Å². The van der Waals surface area contributed by atoms with Crippen molar-refractivity contribution in [1.82, 2.24) is 9.97 Å². The van der Waals surface area contributed by atoms with Crippen molar-refractivity contribution in [3.05, 3.63) is 51.4 Å². The summed E-state index contributed by atoms with van der Waals surface area (Å²) in [4.78, 5) is 19.0. The molecule has 0 radical (unpaired) electrons. The lowest BCUT2D eigenvalue weighted by Gasteiger charge is -2.11. The van der Waals surface area contributed by atoms with Crippen LogP contribution in [0.15, 0.2) is 29.1 Å². The van der Waals surface area contributed by atoms with E-state index in [2.05, 4.69) is 35.2 Å². The highest BCUT2D eigenvalue weighted by Gasteiger charge is 2.05. The molecule has 0 unspecified atom stereocenters. The number of hydrogen-bond donors (Lipinski definition) is 2. The fourth-order valence-corrected chi connectivity index (χ4v) is 2.54. The second kappa shape index (κ2) is 6.80. The van der Waals surface area contributed by atoms with Crippen molar-refractivity contribution < 1.29 is 0 Å². The highest BCUT2D eigenvalue weighted by Crippen LogP contribution is 2.20. The summed E-state index contributed by atoms with van der Waals surface area (Å²) in [6.45, 7) is 8.33. The predicted molar refractivity (Wildman–Crippen MR) is 90.5 cm³/mol. The van der Waals surface area contributed by atoms with Crippen molar-refractivity contribution in [3.8, 4) is 0 Å². The van der Waals surface area contributed by atoms with Gasteiger partial charge in [-0.2, -0.15) is 11.8 Å². The van der Waals surface area contributed by atoms with Gasteiger partial charge in [0.1, 0.15) is 0 Å². The van der Waals surface area contributed by atoms with Gasteiger partial charge in [0.15, 0.2) is 0 Å². The Labute approximate surface area is 129 Å². The molecule has 0 aliphatic carbocycles. The van der Waals surface area contributed by atoms with Crippen molar-refractivity contribution in [2.75, 3.05) is 5.32 Å². The number of aromatic nitrogens is 2. The van der Waals surface area contributed by atoms with E-state index in [0.717, 1.165) is 28.3 Å². The van der Waals surface area contributed by atoms with Crippen LogP contribution in [0.1, 0.15) is 30.7 Å². The van der Waals surface area contributed by atoms with Gasteiger partial charge < -0.3 is 5.32 Å². The summed E-state index contributed by atoms with van der Waals surface area (Å²) < 4.78 is 0. The molecule has 0 aliphatic heterocycles. The predicted octanol–water partition coefficient (Wildman–Crippen LogP) is 3.77. The van der Waals surface area contributed by atoms with Crippen LogP contribution in [0.4, 0.5) is 11.6 Å². The molecule has 0 spiro atoms. The second-order valence-corrected chi connectivity index (χ2v) is 6.95. The third kappa shape index (κ3) is 4.63. The smallest absolute Gasteiger partial charge is 0.252 e. The first-order valence-corrected chi connectivity index (χ1v) is 8.05. The number of rotatable bonds is 5. The minimum atomic E-state index is -0.128. The number of nitrogens with zero attached hydrogens (tertiary/aromatic N) is 1. The maximum Gasteiger partial charge on any atom is 0.252 e. The summed E-state index contributed by atoms with van der Waals surface area (Å²) in [5.41, 5.74) is 3.91. The molecule has 0 saturated carbocycles. The lowest BCUT2D eigenvalue weighted by molar-refractivity contribution is 1.05. The summed E-state index contributed by atoms with van der Waals surface area (Å²) in [6, 6.07) is 7.72. The maximum absolute atomic E-state index is 11.8. The van der Waals surface area contributed by atoms with Crippen LogP contribution in [0.5, 0.6) is 0 Å². The Hall–Kier alpha value is -1.75. The molecule has 0 amide bonds.